The van der Waals surface area contributed by atoms with Crippen molar-refractivity contribution in [1.82, 2.24) is 0 Å². The van der Waals surface area contributed by atoms with Gasteiger partial charge in [0.1, 0.15) is 0 Å². The van der Waals surface area contributed by atoms with Crippen LogP contribution in [0.3, 0.4) is 0 Å². The number of carbonyl (C=O) groups is 1. The number of carboxylic acid groups (broad SMARTS) is 1. The van der Waals surface area contributed by atoms with E-state index in [2.05, 4.69) is 4.90 Å². The van der Waals surface area contributed by atoms with Gasteiger partial charge in [0.25, 0.3) is 0 Å². The van der Waals surface area contributed by atoms with Crippen LogP contribution in [-0.2, 0) is 0 Å². The van der Waals surface area contributed by atoms with Gasteiger partial charge in [-0.1, -0.05) is 18.6 Å². The highest BCUT2D eigenvalue weighted by molar-refractivity contribution is 5.86. The zero-order valence-electron chi connectivity index (χ0n) is 12.5. The highest BCUT2D eigenvalue weighted by Gasteiger charge is 2.28. The summed E-state index contributed by atoms with van der Waals surface area (Å²) < 4.78 is 0. The number of hydrogen-bond acceptors (Lipinski definition) is 3. The third-order valence-electron chi connectivity index (χ3n) is 5.06. The third-order valence-corrected chi connectivity index (χ3v) is 5.06. The molecule has 1 aliphatic carbocycles. The second-order valence-corrected chi connectivity index (χ2v) is 6.31. The number of anilines is 1. The minimum absolute atomic E-state index is 0.255. The lowest BCUT2D eigenvalue weighted by molar-refractivity contribution is -0.927. The topological polar surface area (TPSA) is 47.8 Å². The highest BCUT2D eigenvalue weighted by Crippen LogP contribution is 2.17. The number of quaternary nitrogens is 1. The first-order chi connectivity index (χ1) is 10.2. The summed E-state index contributed by atoms with van der Waals surface area (Å²) in [6, 6.07) is 7.96. The molecule has 0 amide bonds. The normalized spacial score (nSPS) is 21.4. The zero-order chi connectivity index (χ0) is 14.7. The maximum atomic E-state index is 10.8. The molecular weight excluding hydrogens is 264 g/mol. The standard InChI is InChI=1S/C17H24N2O2/c20-17(21)14-6-8-16(9-7-14)19-12-10-18(11-13-19)15-4-2-1-3-5-15/h6-9,15H,1-5,10-13H2,(H,20,21). The first kappa shape index (κ1) is 14.4. The second kappa shape index (κ2) is 6.48. The SMILES string of the molecule is O=C([O-])c1ccc(N2CC[NH+](C3CCCCC3)CC2)cc1. The maximum Gasteiger partial charge on any atom is 0.0951 e. The predicted octanol–water partition coefficient (Wildman–Crippen LogP) is 0.0877. The van der Waals surface area contributed by atoms with E-state index in [-0.39, 0.29) is 5.56 Å². The first-order valence-corrected chi connectivity index (χ1v) is 8.15. The molecule has 4 nitrogen and oxygen atoms in total. The fourth-order valence-corrected chi connectivity index (χ4v) is 3.78. The predicted molar refractivity (Wildman–Crippen MR) is 80.6 cm³/mol. The molecule has 1 saturated heterocycles. The minimum Gasteiger partial charge on any atom is -0.545 e. The van der Waals surface area contributed by atoms with Crippen LogP contribution < -0.4 is 14.9 Å². The number of piperazine rings is 1. The average Bonchev–Trinajstić information content (AvgIpc) is 2.56. The molecule has 0 bridgehead atoms. The number of carbonyl (C=O) groups excluding carboxylic acids is 1. The van der Waals surface area contributed by atoms with Crippen LogP contribution in [0.15, 0.2) is 24.3 Å². The van der Waals surface area contributed by atoms with Crippen molar-refractivity contribution in [2.75, 3.05) is 31.1 Å². The van der Waals surface area contributed by atoms with Gasteiger partial charge < -0.3 is 19.7 Å². The molecule has 3 rings (SSSR count). The fraction of sp³-hybridized carbons (Fsp3) is 0.588. The summed E-state index contributed by atoms with van der Waals surface area (Å²) in [5.41, 5.74) is 1.38. The Bertz CT molecular complexity index is 472. The molecule has 1 aromatic carbocycles. The Hall–Kier alpha value is -1.55. The van der Waals surface area contributed by atoms with Gasteiger partial charge in [-0.25, -0.2) is 0 Å². The van der Waals surface area contributed by atoms with E-state index in [0.29, 0.717) is 0 Å². The van der Waals surface area contributed by atoms with Crippen LogP contribution in [0, 0.1) is 0 Å². The molecule has 2 fully saturated rings. The number of carboxylic acids is 1. The summed E-state index contributed by atoms with van der Waals surface area (Å²) in [5, 5.41) is 10.8. The molecule has 1 N–H and O–H groups in total. The molecule has 114 valence electrons. The Morgan fingerprint density at radius 1 is 1.05 bits per heavy atom. The molecule has 0 spiro atoms. The molecule has 0 radical (unpaired) electrons. The van der Waals surface area contributed by atoms with Gasteiger partial charge in [0.05, 0.1) is 38.2 Å². The number of rotatable bonds is 3. The Morgan fingerprint density at radius 2 is 1.67 bits per heavy atom. The Balaban J connectivity index is 1.56. The van der Waals surface area contributed by atoms with E-state index in [1.807, 2.05) is 12.1 Å². The van der Waals surface area contributed by atoms with E-state index in [4.69, 9.17) is 0 Å². The molecule has 4 heteroatoms. The summed E-state index contributed by atoms with van der Waals surface area (Å²) >= 11 is 0. The van der Waals surface area contributed by atoms with Gasteiger partial charge in [0, 0.05) is 5.69 Å². The lowest BCUT2D eigenvalue weighted by atomic mass is 9.94. The molecule has 21 heavy (non-hydrogen) atoms. The largest absolute Gasteiger partial charge is 0.545 e. The average molecular weight is 288 g/mol. The summed E-state index contributed by atoms with van der Waals surface area (Å²) in [7, 11) is 0. The van der Waals surface area contributed by atoms with Crippen LogP contribution in [0.2, 0.25) is 0 Å². The summed E-state index contributed by atoms with van der Waals surface area (Å²) in [6.07, 6.45) is 7.02. The van der Waals surface area contributed by atoms with E-state index in [1.54, 1.807) is 17.0 Å². The van der Waals surface area contributed by atoms with Crippen molar-refractivity contribution >= 4 is 11.7 Å². The van der Waals surface area contributed by atoms with Gasteiger partial charge in [-0.3, -0.25) is 0 Å². The number of nitrogens with zero attached hydrogens (tertiary/aromatic N) is 1. The molecule has 2 aliphatic rings. The summed E-state index contributed by atoms with van der Waals surface area (Å²) in [4.78, 5) is 14.9. The quantitative estimate of drug-likeness (QED) is 0.857. The van der Waals surface area contributed by atoms with Crippen molar-refractivity contribution in [3.63, 3.8) is 0 Å². The van der Waals surface area contributed by atoms with Gasteiger partial charge in [0.2, 0.25) is 0 Å². The van der Waals surface area contributed by atoms with Crippen molar-refractivity contribution in [2.24, 2.45) is 0 Å². The van der Waals surface area contributed by atoms with Gasteiger partial charge in [-0.05, 0) is 43.4 Å². The van der Waals surface area contributed by atoms with Crippen molar-refractivity contribution in [1.29, 1.82) is 0 Å². The Kier molecular flexibility index (Phi) is 4.44. The monoisotopic (exact) mass is 288 g/mol. The smallest absolute Gasteiger partial charge is 0.0951 e. The Morgan fingerprint density at radius 3 is 2.24 bits per heavy atom. The molecule has 1 aliphatic heterocycles. The molecule has 1 aromatic rings. The second-order valence-electron chi connectivity index (χ2n) is 6.31. The van der Waals surface area contributed by atoms with Crippen LogP contribution in [0.5, 0.6) is 0 Å². The van der Waals surface area contributed by atoms with Crippen molar-refractivity contribution < 1.29 is 14.8 Å². The van der Waals surface area contributed by atoms with Crippen molar-refractivity contribution in [3.05, 3.63) is 29.8 Å². The minimum atomic E-state index is -1.10. The fourth-order valence-electron chi connectivity index (χ4n) is 3.78. The molecular formula is C17H24N2O2. The Labute approximate surface area is 126 Å². The lowest BCUT2D eigenvalue weighted by Crippen LogP contribution is -3.18. The maximum absolute atomic E-state index is 10.8. The van der Waals surface area contributed by atoms with Crippen LogP contribution in [0.4, 0.5) is 5.69 Å². The van der Waals surface area contributed by atoms with Gasteiger partial charge in [0.15, 0.2) is 0 Å². The number of nitrogens with one attached hydrogen (secondary N) is 1. The van der Waals surface area contributed by atoms with Crippen molar-refractivity contribution in [3.8, 4) is 0 Å². The van der Waals surface area contributed by atoms with Crippen LogP contribution in [-0.4, -0.2) is 38.2 Å². The highest BCUT2D eigenvalue weighted by atomic mass is 16.4. The van der Waals surface area contributed by atoms with E-state index >= 15 is 0 Å². The molecule has 0 aromatic heterocycles. The van der Waals surface area contributed by atoms with E-state index in [1.165, 1.54) is 45.2 Å². The van der Waals surface area contributed by atoms with Crippen LogP contribution >= 0.6 is 0 Å². The van der Waals surface area contributed by atoms with Crippen LogP contribution in [0.1, 0.15) is 42.5 Å². The number of benzene rings is 1. The molecule has 1 heterocycles. The first-order valence-electron chi connectivity index (χ1n) is 8.15. The van der Waals surface area contributed by atoms with E-state index in [0.717, 1.165) is 24.8 Å². The van der Waals surface area contributed by atoms with Gasteiger partial charge >= 0.3 is 0 Å². The van der Waals surface area contributed by atoms with Crippen LogP contribution in [0.25, 0.3) is 0 Å². The molecule has 1 saturated carbocycles. The summed E-state index contributed by atoms with van der Waals surface area (Å²) in [5.74, 6) is -1.10. The molecule has 0 atom stereocenters. The van der Waals surface area contributed by atoms with Gasteiger partial charge in [-0.15, -0.1) is 0 Å². The van der Waals surface area contributed by atoms with E-state index < -0.39 is 5.97 Å². The van der Waals surface area contributed by atoms with E-state index in [9.17, 15) is 9.90 Å². The zero-order valence-corrected chi connectivity index (χ0v) is 12.5. The number of aromatic carboxylic acids is 1. The molecule has 0 unspecified atom stereocenters. The third kappa shape index (κ3) is 3.38. The summed E-state index contributed by atoms with van der Waals surface area (Å²) in [6.45, 7) is 4.53. The lowest BCUT2D eigenvalue weighted by Gasteiger charge is -2.39. The van der Waals surface area contributed by atoms with Gasteiger partial charge in [-0.2, -0.15) is 0 Å². The van der Waals surface area contributed by atoms with Crippen molar-refractivity contribution in [2.45, 2.75) is 38.1 Å². The number of hydrogen-bond donors (Lipinski definition) is 1.